The summed E-state index contributed by atoms with van der Waals surface area (Å²) in [7, 11) is 0. The molecule has 96 valence electrons. The molecular weight excluding hydrogens is 228 g/mol. The van der Waals surface area contributed by atoms with Crippen LogP contribution in [0.1, 0.15) is 32.2 Å². The highest BCUT2D eigenvalue weighted by atomic mass is 16.5. The summed E-state index contributed by atoms with van der Waals surface area (Å²) in [5, 5.41) is 7.29. The number of hydrogen-bond donors (Lipinski definition) is 1. The van der Waals surface area contributed by atoms with E-state index in [4.69, 9.17) is 4.52 Å². The van der Waals surface area contributed by atoms with Gasteiger partial charge in [0.05, 0.1) is 5.54 Å². The van der Waals surface area contributed by atoms with Gasteiger partial charge >= 0.3 is 0 Å². The van der Waals surface area contributed by atoms with Gasteiger partial charge in [0.25, 0.3) is 0 Å². The Morgan fingerprint density at radius 1 is 1.39 bits per heavy atom. The summed E-state index contributed by atoms with van der Waals surface area (Å²) in [4.78, 5) is 8.65. The van der Waals surface area contributed by atoms with Crippen molar-refractivity contribution in [2.45, 2.75) is 33.2 Å². The molecule has 0 aliphatic heterocycles. The average molecular weight is 246 g/mol. The standard InChI is InChI=1S/C13H18N4O/c1-5-15-13(3,4)12-16-11(17-18-12)10-8-9(2)6-7-14-10/h6-8,15H,5H2,1-4H3. The Labute approximate surface area is 107 Å². The third-order valence-corrected chi connectivity index (χ3v) is 2.72. The van der Waals surface area contributed by atoms with Crippen molar-refractivity contribution in [1.82, 2.24) is 20.4 Å². The average Bonchev–Trinajstić information content (AvgIpc) is 2.78. The Kier molecular flexibility index (Phi) is 3.43. The van der Waals surface area contributed by atoms with Crippen molar-refractivity contribution in [3.8, 4) is 11.5 Å². The van der Waals surface area contributed by atoms with Crippen molar-refractivity contribution in [2.75, 3.05) is 6.54 Å². The van der Waals surface area contributed by atoms with Crippen molar-refractivity contribution in [1.29, 1.82) is 0 Å². The van der Waals surface area contributed by atoms with E-state index < -0.39 is 0 Å². The molecule has 0 spiro atoms. The van der Waals surface area contributed by atoms with Crippen LogP contribution in [0.25, 0.3) is 11.5 Å². The van der Waals surface area contributed by atoms with Crippen molar-refractivity contribution in [3.63, 3.8) is 0 Å². The van der Waals surface area contributed by atoms with E-state index in [1.165, 1.54) is 0 Å². The quantitative estimate of drug-likeness (QED) is 0.896. The Hall–Kier alpha value is -1.75. The smallest absolute Gasteiger partial charge is 0.246 e. The van der Waals surface area contributed by atoms with Gasteiger partial charge in [-0.1, -0.05) is 12.1 Å². The highest BCUT2D eigenvalue weighted by Crippen LogP contribution is 2.21. The maximum atomic E-state index is 5.31. The van der Waals surface area contributed by atoms with E-state index in [9.17, 15) is 0 Å². The monoisotopic (exact) mass is 246 g/mol. The topological polar surface area (TPSA) is 63.8 Å². The van der Waals surface area contributed by atoms with E-state index in [1.807, 2.05) is 39.8 Å². The first-order chi connectivity index (χ1) is 8.53. The van der Waals surface area contributed by atoms with Crippen LogP contribution in [-0.4, -0.2) is 21.7 Å². The number of nitrogens with zero attached hydrogens (tertiary/aromatic N) is 3. The molecule has 0 saturated heterocycles. The molecule has 2 aromatic rings. The van der Waals surface area contributed by atoms with Gasteiger partial charge in [0.1, 0.15) is 5.69 Å². The molecule has 5 nitrogen and oxygen atoms in total. The van der Waals surface area contributed by atoms with Crippen molar-refractivity contribution >= 4 is 0 Å². The van der Waals surface area contributed by atoms with Crippen LogP contribution in [-0.2, 0) is 5.54 Å². The summed E-state index contributed by atoms with van der Waals surface area (Å²) >= 11 is 0. The number of hydrogen-bond acceptors (Lipinski definition) is 5. The molecule has 0 unspecified atom stereocenters. The van der Waals surface area contributed by atoms with Gasteiger partial charge in [-0.15, -0.1) is 0 Å². The molecule has 18 heavy (non-hydrogen) atoms. The minimum atomic E-state index is -0.330. The van der Waals surface area contributed by atoms with Gasteiger partial charge in [-0.25, -0.2) is 0 Å². The minimum absolute atomic E-state index is 0.330. The van der Waals surface area contributed by atoms with E-state index in [0.717, 1.165) is 17.8 Å². The van der Waals surface area contributed by atoms with Crippen LogP contribution in [0.2, 0.25) is 0 Å². The molecule has 2 heterocycles. The lowest BCUT2D eigenvalue weighted by Gasteiger charge is -2.20. The molecule has 5 heteroatoms. The molecule has 2 aromatic heterocycles. The molecule has 0 aliphatic rings. The molecule has 0 bridgehead atoms. The van der Waals surface area contributed by atoms with Crippen LogP contribution in [0.4, 0.5) is 0 Å². The molecule has 0 aromatic carbocycles. The third-order valence-electron chi connectivity index (χ3n) is 2.72. The molecular formula is C13H18N4O. The van der Waals surface area contributed by atoms with Gasteiger partial charge in [-0.3, -0.25) is 4.98 Å². The van der Waals surface area contributed by atoms with Crippen molar-refractivity contribution < 1.29 is 4.52 Å². The molecule has 0 atom stereocenters. The van der Waals surface area contributed by atoms with E-state index >= 15 is 0 Å². The van der Waals surface area contributed by atoms with Crippen LogP contribution >= 0.6 is 0 Å². The van der Waals surface area contributed by atoms with Crippen molar-refractivity contribution in [3.05, 3.63) is 29.8 Å². The largest absolute Gasteiger partial charge is 0.337 e. The summed E-state index contributed by atoms with van der Waals surface area (Å²) in [6.07, 6.45) is 1.75. The molecule has 1 N–H and O–H groups in total. The summed E-state index contributed by atoms with van der Waals surface area (Å²) in [5.41, 5.74) is 1.53. The third kappa shape index (κ3) is 2.56. The van der Waals surface area contributed by atoms with Crippen LogP contribution in [0.3, 0.4) is 0 Å². The maximum Gasteiger partial charge on any atom is 0.246 e. The van der Waals surface area contributed by atoms with Crippen LogP contribution in [0, 0.1) is 6.92 Å². The van der Waals surface area contributed by atoms with E-state index in [0.29, 0.717) is 11.7 Å². The first-order valence-electron chi connectivity index (χ1n) is 6.05. The zero-order valence-corrected chi connectivity index (χ0v) is 11.2. The van der Waals surface area contributed by atoms with Gasteiger partial charge in [0.15, 0.2) is 0 Å². The highest BCUT2D eigenvalue weighted by molar-refractivity contribution is 5.49. The maximum absolute atomic E-state index is 5.31. The second kappa shape index (κ2) is 4.86. The zero-order chi connectivity index (χ0) is 13.2. The molecule has 0 radical (unpaired) electrons. The summed E-state index contributed by atoms with van der Waals surface area (Å²) in [6.45, 7) is 8.91. The first-order valence-corrected chi connectivity index (χ1v) is 6.05. The lowest BCUT2D eigenvalue weighted by Crippen LogP contribution is -2.36. The minimum Gasteiger partial charge on any atom is -0.337 e. The second-order valence-corrected chi connectivity index (χ2v) is 4.80. The predicted octanol–water partition coefficient (Wildman–Crippen LogP) is 2.28. The fourth-order valence-electron chi connectivity index (χ4n) is 1.76. The van der Waals surface area contributed by atoms with Crippen LogP contribution < -0.4 is 5.32 Å². The Morgan fingerprint density at radius 2 is 2.17 bits per heavy atom. The van der Waals surface area contributed by atoms with Gasteiger partial charge in [-0.2, -0.15) is 4.98 Å². The highest BCUT2D eigenvalue weighted by Gasteiger charge is 2.26. The fraction of sp³-hybridized carbons (Fsp3) is 0.462. The fourth-order valence-corrected chi connectivity index (χ4v) is 1.76. The van der Waals surface area contributed by atoms with Gasteiger partial charge < -0.3 is 9.84 Å². The van der Waals surface area contributed by atoms with Gasteiger partial charge in [-0.05, 0) is 45.0 Å². The second-order valence-electron chi connectivity index (χ2n) is 4.80. The zero-order valence-electron chi connectivity index (χ0n) is 11.2. The Morgan fingerprint density at radius 3 is 2.83 bits per heavy atom. The summed E-state index contributed by atoms with van der Waals surface area (Å²) < 4.78 is 5.31. The first kappa shape index (κ1) is 12.7. The number of aryl methyl sites for hydroxylation is 1. The van der Waals surface area contributed by atoms with Crippen LogP contribution in [0.5, 0.6) is 0 Å². The van der Waals surface area contributed by atoms with Crippen molar-refractivity contribution in [2.24, 2.45) is 0 Å². The molecule has 0 amide bonds. The van der Waals surface area contributed by atoms with E-state index in [1.54, 1.807) is 6.20 Å². The summed E-state index contributed by atoms with van der Waals surface area (Å²) in [6, 6.07) is 3.88. The molecule has 0 saturated carbocycles. The lowest BCUT2D eigenvalue weighted by atomic mass is 10.1. The van der Waals surface area contributed by atoms with E-state index in [-0.39, 0.29) is 5.54 Å². The van der Waals surface area contributed by atoms with E-state index in [2.05, 4.69) is 20.4 Å². The lowest BCUT2D eigenvalue weighted by molar-refractivity contribution is 0.272. The SMILES string of the molecule is CCNC(C)(C)c1nc(-c2cc(C)ccn2)no1. The number of rotatable bonds is 4. The van der Waals surface area contributed by atoms with Crippen LogP contribution in [0.15, 0.2) is 22.9 Å². The number of nitrogens with one attached hydrogen (secondary N) is 1. The number of aromatic nitrogens is 3. The predicted molar refractivity (Wildman–Crippen MR) is 69.0 cm³/mol. The molecule has 2 rings (SSSR count). The Balaban J connectivity index is 2.31. The van der Waals surface area contributed by atoms with Gasteiger partial charge in [0.2, 0.25) is 11.7 Å². The normalized spacial score (nSPS) is 11.8. The summed E-state index contributed by atoms with van der Waals surface area (Å²) in [5.74, 6) is 1.10. The number of pyridine rings is 1. The molecule has 0 fully saturated rings. The molecule has 0 aliphatic carbocycles. The van der Waals surface area contributed by atoms with Gasteiger partial charge in [0, 0.05) is 6.20 Å². The Bertz CT molecular complexity index is 533.